The maximum atomic E-state index is 13.1. The Kier molecular flexibility index (Phi) is 6.34. The number of anilines is 1. The molecule has 172 valence electrons. The van der Waals surface area contributed by atoms with Gasteiger partial charge < -0.3 is 21.1 Å². The maximum Gasteiger partial charge on any atom is 0.310 e. The van der Waals surface area contributed by atoms with Crippen LogP contribution in [-0.4, -0.2) is 54.1 Å². The molecule has 2 fully saturated rings. The average molecular weight is 441 g/mol. The van der Waals surface area contributed by atoms with Crippen LogP contribution < -0.4 is 16.4 Å². The van der Waals surface area contributed by atoms with Gasteiger partial charge in [0.2, 0.25) is 11.9 Å². The lowest BCUT2D eigenvalue weighted by Crippen LogP contribution is -2.58. The number of piperidine rings is 1. The van der Waals surface area contributed by atoms with Crippen LogP contribution in [0.15, 0.2) is 34.3 Å². The molecule has 4 rings (SSSR count). The fourth-order valence-corrected chi connectivity index (χ4v) is 5.04. The summed E-state index contributed by atoms with van der Waals surface area (Å²) in [5.41, 5.74) is 13.1. The monoisotopic (exact) mass is 440 g/mol. The molecule has 2 heterocycles. The fourth-order valence-electron chi connectivity index (χ4n) is 5.04. The van der Waals surface area contributed by atoms with Gasteiger partial charge in [-0.15, -0.1) is 0 Å². The van der Waals surface area contributed by atoms with Gasteiger partial charge >= 0.3 is 5.97 Å². The molecule has 1 aromatic rings. The first-order valence-electron chi connectivity index (χ1n) is 11.5. The lowest BCUT2D eigenvalue weighted by molar-refractivity contribution is -0.149. The van der Waals surface area contributed by atoms with Gasteiger partial charge in [0.25, 0.3) is 5.91 Å². The zero-order chi connectivity index (χ0) is 22.7. The summed E-state index contributed by atoms with van der Waals surface area (Å²) in [7, 11) is 0. The fraction of sp³-hybridized carbons (Fsp3) is 0.565. The highest BCUT2D eigenvalue weighted by Gasteiger charge is 2.42. The molecule has 3 aliphatic rings. The number of hydrogen-bond donors (Lipinski definition) is 2. The molecule has 1 unspecified atom stereocenters. The second-order valence-corrected chi connectivity index (χ2v) is 8.71. The standard InChI is InChI=1S/C23H32N6O3/c1-2-32-20(31)17-7-6-14-28(15-17)19(30)16-8-10-18(11-9-16)29-22(25)26-21(24)27-23(29)12-4-3-5-13-23/h8-11,17H,2-7,12-15H2,1H3,(H4,24,25,26,27). The Bertz CT molecular complexity index is 920. The van der Waals surface area contributed by atoms with Crippen molar-refractivity contribution in [1.82, 2.24) is 4.90 Å². The van der Waals surface area contributed by atoms with E-state index in [-0.39, 0.29) is 23.8 Å². The first-order valence-corrected chi connectivity index (χ1v) is 11.5. The smallest absolute Gasteiger partial charge is 0.310 e. The number of carbonyl (C=O) groups excluding carboxylic acids is 2. The highest BCUT2D eigenvalue weighted by Crippen LogP contribution is 2.39. The first-order chi connectivity index (χ1) is 15.4. The van der Waals surface area contributed by atoms with Crippen LogP contribution >= 0.6 is 0 Å². The Labute approximate surface area is 188 Å². The molecule has 1 aromatic carbocycles. The highest BCUT2D eigenvalue weighted by molar-refractivity contribution is 6.06. The number of nitrogens with two attached hydrogens (primary N) is 2. The largest absolute Gasteiger partial charge is 0.466 e. The summed E-state index contributed by atoms with van der Waals surface area (Å²) >= 11 is 0. The minimum Gasteiger partial charge on any atom is -0.466 e. The summed E-state index contributed by atoms with van der Waals surface area (Å²) in [6.07, 6.45) is 6.51. The third kappa shape index (κ3) is 4.28. The van der Waals surface area contributed by atoms with Gasteiger partial charge in [-0.1, -0.05) is 6.42 Å². The Balaban J connectivity index is 1.52. The predicted octanol–water partition coefficient (Wildman–Crippen LogP) is 2.21. The minimum atomic E-state index is -0.514. The summed E-state index contributed by atoms with van der Waals surface area (Å²) in [5, 5.41) is 0. The van der Waals surface area contributed by atoms with Gasteiger partial charge in [0.05, 0.1) is 12.5 Å². The van der Waals surface area contributed by atoms with E-state index in [0.717, 1.165) is 50.6 Å². The van der Waals surface area contributed by atoms with E-state index in [1.54, 1.807) is 24.0 Å². The zero-order valence-corrected chi connectivity index (χ0v) is 18.6. The Hall–Kier alpha value is -3.10. The minimum absolute atomic E-state index is 0.0829. The van der Waals surface area contributed by atoms with Crippen molar-refractivity contribution in [3.8, 4) is 0 Å². The number of benzene rings is 1. The normalized spacial score (nSPS) is 22.8. The molecule has 9 nitrogen and oxygen atoms in total. The van der Waals surface area contributed by atoms with Gasteiger partial charge in [-0.25, -0.2) is 4.99 Å². The molecule has 4 N–H and O–H groups in total. The molecule has 1 saturated carbocycles. The van der Waals surface area contributed by atoms with Crippen LogP contribution in [0.2, 0.25) is 0 Å². The molecule has 1 amide bonds. The number of carbonyl (C=O) groups is 2. The van der Waals surface area contributed by atoms with Gasteiger partial charge in [-0.05, 0) is 69.7 Å². The second-order valence-electron chi connectivity index (χ2n) is 8.71. The van der Waals surface area contributed by atoms with E-state index in [1.807, 2.05) is 17.0 Å². The van der Waals surface area contributed by atoms with E-state index in [0.29, 0.717) is 31.2 Å². The van der Waals surface area contributed by atoms with Crippen LogP contribution in [-0.2, 0) is 9.53 Å². The van der Waals surface area contributed by atoms with Gasteiger partial charge in [-0.2, -0.15) is 4.99 Å². The van der Waals surface area contributed by atoms with Crippen molar-refractivity contribution in [2.75, 3.05) is 24.6 Å². The van der Waals surface area contributed by atoms with Crippen molar-refractivity contribution in [3.63, 3.8) is 0 Å². The van der Waals surface area contributed by atoms with Crippen LogP contribution in [0.1, 0.15) is 62.2 Å². The van der Waals surface area contributed by atoms with E-state index in [4.69, 9.17) is 16.2 Å². The molecular formula is C23H32N6O3. The Morgan fingerprint density at radius 1 is 1.12 bits per heavy atom. The highest BCUT2D eigenvalue weighted by atomic mass is 16.5. The van der Waals surface area contributed by atoms with E-state index in [2.05, 4.69) is 9.98 Å². The summed E-state index contributed by atoms with van der Waals surface area (Å²) in [6, 6.07) is 7.37. The molecule has 1 aliphatic carbocycles. The number of likely N-dealkylation sites (tertiary alicyclic amines) is 1. The third-order valence-corrected chi connectivity index (χ3v) is 6.55. The summed E-state index contributed by atoms with van der Waals surface area (Å²) in [5.74, 6) is -0.0236. The topological polar surface area (TPSA) is 127 Å². The molecule has 1 atom stereocenters. The van der Waals surface area contributed by atoms with Gasteiger partial charge in [-0.3, -0.25) is 14.5 Å². The van der Waals surface area contributed by atoms with Crippen molar-refractivity contribution >= 4 is 29.5 Å². The van der Waals surface area contributed by atoms with Gasteiger partial charge in [0.15, 0.2) is 0 Å². The van der Waals surface area contributed by atoms with Crippen LogP contribution in [0, 0.1) is 5.92 Å². The molecule has 0 bridgehead atoms. The predicted molar refractivity (Wildman–Crippen MR) is 123 cm³/mol. The number of amides is 1. The van der Waals surface area contributed by atoms with Crippen molar-refractivity contribution in [2.45, 2.75) is 57.5 Å². The molecule has 0 aromatic heterocycles. The molecule has 1 saturated heterocycles. The van der Waals surface area contributed by atoms with Gasteiger partial charge in [0, 0.05) is 24.3 Å². The second kappa shape index (κ2) is 9.18. The first kappa shape index (κ1) is 22.1. The third-order valence-electron chi connectivity index (χ3n) is 6.55. The molecule has 1 spiro atoms. The quantitative estimate of drug-likeness (QED) is 0.691. The molecule has 32 heavy (non-hydrogen) atoms. The number of ether oxygens (including phenoxy) is 1. The number of guanidine groups is 2. The van der Waals surface area contributed by atoms with Crippen LogP contribution in [0.5, 0.6) is 0 Å². The number of esters is 1. The van der Waals surface area contributed by atoms with Crippen molar-refractivity contribution in [2.24, 2.45) is 27.4 Å². The Morgan fingerprint density at radius 3 is 2.53 bits per heavy atom. The molecular weight excluding hydrogens is 408 g/mol. The van der Waals surface area contributed by atoms with Crippen LogP contribution in [0.4, 0.5) is 5.69 Å². The van der Waals surface area contributed by atoms with E-state index < -0.39 is 5.66 Å². The number of hydrogen-bond acceptors (Lipinski definition) is 8. The zero-order valence-electron chi connectivity index (χ0n) is 18.6. The molecule has 0 radical (unpaired) electrons. The van der Waals surface area contributed by atoms with Crippen LogP contribution in [0.3, 0.4) is 0 Å². The van der Waals surface area contributed by atoms with E-state index in [1.165, 1.54) is 0 Å². The summed E-state index contributed by atoms with van der Waals surface area (Å²) in [4.78, 5) is 37.8. The maximum absolute atomic E-state index is 13.1. The number of aliphatic imine (C=N–C) groups is 2. The van der Waals surface area contributed by atoms with E-state index in [9.17, 15) is 9.59 Å². The van der Waals surface area contributed by atoms with Crippen molar-refractivity contribution in [1.29, 1.82) is 0 Å². The van der Waals surface area contributed by atoms with Crippen LogP contribution in [0.25, 0.3) is 0 Å². The van der Waals surface area contributed by atoms with Gasteiger partial charge in [0.1, 0.15) is 5.66 Å². The molecule has 9 heteroatoms. The number of nitrogens with zero attached hydrogens (tertiary/aromatic N) is 4. The van der Waals surface area contributed by atoms with Crippen molar-refractivity contribution in [3.05, 3.63) is 29.8 Å². The van der Waals surface area contributed by atoms with E-state index >= 15 is 0 Å². The summed E-state index contributed by atoms with van der Waals surface area (Å²) in [6.45, 7) is 3.18. The van der Waals surface area contributed by atoms with Crippen molar-refractivity contribution < 1.29 is 14.3 Å². The SMILES string of the molecule is CCOC(=O)C1CCCN(C(=O)c2ccc(N3C(N)=NC(N)=NC34CCCCC4)cc2)C1. The average Bonchev–Trinajstić information content (AvgIpc) is 2.79. The lowest BCUT2D eigenvalue weighted by atomic mass is 9.87. The molecule has 2 aliphatic heterocycles. The Morgan fingerprint density at radius 2 is 1.84 bits per heavy atom. The number of rotatable bonds is 4. The summed E-state index contributed by atoms with van der Waals surface area (Å²) < 4.78 is 5.15. The lowest BCUT2D eigenvalue weighted by Gasteiger charge is -2.45.